The summed E-state index contributed by atoms with van der Waals surface area (Å²) in [5.74, 6) is 0.482. The van der Waals surface area contributed by atoms with Crippen LogP contribution in [-0.4, -0.2) is 35.4 Å². The number of hydrogen-bond donors (Lipinski definition) is 1. The van der Waals surface area contributed by atoms with Crippen molar-refractivity contribution in [3.8, 4) is 5.75 Å². The van der Waals surface area contributed by atoms with E-state index >= 15 is 0 Å². The van der Waals surface area contributed by atoms with Gasteiger partial charge in [-0.2, -0.15) is 5.10 Å². The number of nitrogens with zero attached hydrogens (tertiary/aromatic N) is 3. The average molecular weight is 332 g/mol. The number of aromatic nitrogens is 3. The standard InChI is InChI=1S/C15H16N4O3S/c1-12-9-15-16-10-13(11-19(15)17-12)18-23(20,21)8-7-22-14-5-3-2-4-6-14/h2-6,9-11,18H,7-8H2,1H3. The number of benzene rings is 1. The zero-order valence-electron chi connectivity index (χ0n) is 12.5. The molecule has 2 aromatic heterocycles. The maximum Gasteiger partial charge on any atom is 0.236 e. The van der Waals surface area contributed by atoms with Gasteiger partial charge in [-0.1, -0.05) is 18.2 Å². The summed E-state index contributed by atoms with van der Waals surface area (Å²) in [6.45, 7) is 1.91. The topological polar surface area (TPSA) is 85.6 Å². The maximum atomic E-state index is 12.1. The van der Waals surface area contributed by atoms with Gasteiger partial charge in [0, 0.05) is 6.07 Å². The van der Waals surface area contributed by atoms with Gasteiger partial charge in [0.05, 0.1) is 23.8 Å². The Morgan fingerprint density at radius 2 is 2.04 bits per heavy atom. The number of nitrogens with one attached hydrogen (secondary N) is 1. The van der Waals surface area contributed by atoms with Gasteiger partial charge >= 0.3 is 0 Å². The van der Waals surface area contributed by atoms with E-state index in [4.69, 9.17) is 4.74 Å². The molecule has 0 amide bonds. The van der Waals surface area contributed by atoms with Crippen molar-refractivity contribution in [2.45, 2.75) is 6.92 Å². The molecule has 7 nitrogen and oxygen atoms in total. The fourth-order valence-corrected chi connectivity index (χ4v) is 2.93. The maximum absolute atomic E-state index is 12.1. The number of para-hydroxylation sites is 1. The minimum absolute atomic E-state index is 0.0654. The summed E-state index contributed by atoms with van der Waals surface area (Å²) in [6.07, 6.45) is 3.05. The molecule has 0 radical (unpaired) electrons. The number of sulfonamides is 1. The molecule has 0 bridgehead atoms. The summed E-state index contributed by atoms with van der Waals surface area (Å²) in [4.78, 5) is 4.16. The van der Waals surface area contributed by atoms with E-state index in [1.807, 2.05) is 31.2 Å². The summed E-state index contributed by atoms with van der Waals surface area (Å²) < 4.78 is 33.6. The lowest BCUT2D eigenvalue weighted by Gasteiger charge is -2.09. The largest absolute Gasteiger partial charge is 0.492 e. The second-order valence-corrected chi connectivity index (χ2v) is 6.86. The van der Waals surface area contributed by atoms with E-state index in [1.165, 1.54) is 10.7 Å². The highest BCUT2D eigenvalue weighted by atomic mass is 32.2. The fraction of sp³-hybridized carbons (Fsp3) is 0.200. The van der Waals surface area contributed by atoms with Gasteiger partial charge in [0.15, 0.2) is 5.65 Å². The number of aryl methyl sites for hydroxylation is 1. The van der Waals surface area contributed by atoms with E-state index in [0.717, 1.165) is 5.69 Å². The molecule has 0 aliphatic heterocycles. The molecule has 0 fully saturated rings. The molecule has 1 aromatic carbocycles. The smallest absolute Gasteiger partial charge is 0.236 e. The van der Waals surface area contributed by atoms with Crippen LogP contribution in [0.1, 0.15) is 5.69 Å². The van der Waals surface area contributed by atoms with Crippen LogP contribution < -0.4 is 9.46 Å². The molecule has 120 valence electrons. The number of anilines is 1. The molecule has 3 aromatic rings. The lowest BCUT2D eigenvalue weighted by atomic mass is 10.3. The molecular weight excluding hydrogens is 316 g/mol. The normalized spacial score (nSPS) is 11.5. The van der Waals surface area contributed by atoms with Crippen molar-refractivity contribution in [2.24, 2.45) is 0 Å². The third-order valence-corrected chi connectivity index (χ3v) is 4.32. The molecule has 23 heavy (non-hydrogen) atoms. The van der Waals surface area contributed by atoms with Crippen molar-refractivity contribution in [3.63, 3.8) is 0 Å². The lowest BCUT2D eigenvalue weighted by Crippen LogP contribution is -2.21. The second-order valence-electron chi connectivity index (χ2n) is 5.01. The molecule has 0 saturated heterocycles. The Bertz CT molecular complexity index is 907. The molecule has 0 atom stereocenters. The van der Waals surface area contributed by atoms with E-state index in [2.05, 4.69) is 14.8 Å². The van der Waals surface area contributed by atoms with Crippen LogP contribution in [0.3, 0.4) is 0 Å². The SMILES string of the molecule is Cc1cc2ncc(NS(=O)(=O)CCOc3ccccc3)cn2n1. The summed E-state index contributed by atoms with van der Waals surface area (Å²) in [6, 6.07) is 10.9. The van der Waals surface area contributed by atoms with Gasteiger partial charge in [0.25, 0.3) is 0 Å². The Hall–Kier alpha value is -2.61. The number of hydrogen-bond acceptors (Lipinski definition) is 5. The van der Waals surface area contributed by atoms with Gasteiger partial charge in [-0.15, -0.1) is 0 Å². The van der Waals surface area contributed by atoms with Crippen LogP contribution in [0.15, 0.2) is 48.8 Å². The van der Waals surface area contributed by atoms with E-state index in [-0.39, 0.29) is 12.4 Å². The first-order valence-corrected chi connectivity index (χ1v) is 8.67. The monoisotopic (exact) mass is 332 g/mol. The molecule has 0 aliphatic carbocycles. The van der Waals surface area contributed by atoms with Crippen molar-refractivity contribution >= 4 is 21.4 Å². The van der Waals surface area contributed by atoms with Crippen molar-refractivity contribution in [3.05, 3.63) is 54.5 Å². The van der Waals surface area contributed by atoms with Crippen molar-refractivity contribution in [1.82, 2.24) is 14.6 Å². The zero-order valence-corrected chi connectivity index (χ0v) is 13.3. The number of rotatable bonds is 6. The van der Waals surface area contributed by atoms with E-state index < -0.39 is 10.0 Å². The number of fused-ring (bicyclic) bond motifs is 1. The van der Waals surface area contributed by atoms with Crippen molar-refractivity contribution in [2.75, 3.05) is 17.1 Å². The molecule has 0 spiro atoms. The van der Waals surface area contributed by atoms with Gasteiger partial charge in [0.2, 0.25) is 10.0 Å². The van der Waals surface area contributed by atoms with Crippen LogP contribution in [0.25, 0.3) is 5.65 Å². The predicted molar refractivity (Wildman–Crippen MR) is 87.1 cm³/mol. The zero-order chi connectivity index (χ0) is 16.3. The Morgan fingerprint density at radius 3 is 2.83 bits per heavy atom. The molecule has 8 heteroatoms. The Labute approximate surface area is 134 Å². The second kappa shape index (κ2) is 6.25. The highest BCUT2D eigenvalue weighted by Crippen LogP contribution is 2.12. The minimum Gasteiger partial charge on any atom is -0.492 e. The van der Waals surface area contributed by atoms with Gasteiger partial charge < -0.3 is 4.74 Å². The van der Waals surface area contributed by atoms with Gasteiger partial charge in [-0.05, 0) is 19.1 Å². The first kappa shape index (κ1) is 15.3. The van der Waals surface area contributed by atoms with Crippen LogP contribution in [0, 0.1) is 6.92 Å². The highest BCUT2D eigenvalue weighted by molar-refractivity contribution is 7.92. The van der Waals surface area contributed by atoms with E-state index in [9.17, 15) is 8.42 Å². The van der Waals surface area contributed by atoms with Crippen LogP contribution in [0.2, 0.25) is 0 Å². The first-order chi connectivity index (χ1) is 11.0. The molecule has 0 unspecified atom stereocenters. The lowest BCUT2D eigenvalue weighted by molar-refractivity contribution is 0.341. The Kier molecular flexibility index (Phi) is 4.16. The van der Waals surface area contributed by atoms with Crippen LogP contribution in [0.5, 0.6) is 5.75 Å². The van der Waals surface area contributed by atoms with Crippen LogP contribution in [0.4, 0.5) is 5.69 Å². The predicted octanol–water partition coefficient (Wildman–Crippen LogP) is 1.86. The third-order valence-electron chi connectivity index (χ3n) is 3.07. The Balaban J connectivity index is 1.62. The minimum atomic E-state index is -3.52. The summed E-state index contributed by atoms with van der Waals surface area (Å²) in [5.41, 5.74) is 1.84. The molecule has 0 aliphatic rings. The molecule has 0 saturated carbocycles. The van der Waals surface area contributed by atoms with Crippen molar-refractivity contribution in [1.29, 1.82) is 0 Å². The average Bonchev–Trinajstić information content (AvgIpc) is 2.87. The highest BCUT2D eigenvalue weighted by Gasteiger charge is 2.12. The molecular formula is C15H16N4O3S. The summed E-state index contributed by atoms with van der Waals surface area (Å²) >= 11 is 0. The Morgan fingerprint density at radius 1 is 1.26 bits per heavy atom. The van der Waals surface area contributed by atoms with Crippen molar-refractivity contribution < 1.29 is 13.2 Å². The van der Waals surface area contributed by atoms with Gasteiger partial charge in [0.1, 0.15) is 18.1 Å². The van der Waals surface area contributed by atoms with E-state index in [1.54, 1.807) is 18.3 Å². The third kappa shape index (κ3) is 3.98. The van der Waals surface area contributed by atoms with E-state index in [0.29, 0.717) is 17.1 Å². The van der Waals surface area contributed by atoms with Crippen LogP contribution >= 0.6 is 0 Å². The van der Waals surface area contributed by atoms with Gasteiger partial charge in [-0.25, -0.2) is 17.9 Å². The molecule has 3 rings (SSSR count). The quantitative estimate of drug-likeness (QED) is 0.744. The van der Waals surface area contributed by atoms with Gasteiger partial charge in [-0.3, -0.25) is 4.72 Å². The molecule has 2 heterocycles. The summed E-state index contributed by atoms with van der Waals surface area (Å²) in [5, 5.41) is 4.20. The number of ether oxygens (including phenoxy) is 1. The first-order valence-electron chi connectivity index (χ1n) is 7.02. The summed E-state index contributed by atoms with van der Waals surface area (Å²) in [7, 11) is -3.52. The van der Waals surface area contributed by atoms with Crippen LogP contribution in [-0.2, 0) is 10.0 Å². The fourth-order valence-electron chi connectivity index (χ4n) is 2.06. The molecule has 1 N–H and O–H groups in total.